The van der Waals surface area contributed by atoms with Gasteiger partial charge in [-0.25, -0.2) is 9.97 Å². The molecule has 1 amide bonds. The lowest BCUT2D eigenvalue weighted by Crippen LogP contribution is -2.41. The summed E-state index contributed by atoms with van der Waals surface area (Å²) in [5.74, 6) is -1.15. The SMILES string of the molecule is O=C(O)Cn1ccc([C@@H]2CCCN(C(=O)c3cnc4nc[nH]n4c3=O)C2)n1. The molecule has 0 radical (unpaired) electrons. The third kappa shape index (κ3) is 3.18. The van der Waals surface area contributed by atoms with Crippen molar-refractivity contribution in [2.75, 3.05) is 13.1 Å². The number of nitrogens with zero attached hydrogens (tertiary/aromatic N) is 6. The molecule has 1 aliphatic heterocycles. The highest BCUT2D eigenvalue weighted by Crippen LogP contribution is 2.26. The normalized spacial score (nSPS) is 17.3. The highest BCUT2D eigenvalue weighted by molar-refractivity contribution is 5.93. The quantitative estimate of drug-likeness (QED) is 0.643. The molecule has 140 valence electrons. The minimum Gasteiger partial charge on any atom is -0.480 e. The van der Waals surface area contributed by atoms with Crippen LogP contribution in [-0.2, 0) is 11.3 Å². The van der Waals surface area contributed by atoms with E-state index in [0.29, 0.717) is 13.1 Å². The van der Waals surface area contributed by atoms with Gasteiger partial charge in [0.05, 0.1) is 5.69 Å². The third-order valence-corrected chi connectivity index (χ3v) is 4.63. The molecule has 1 atom stereocenters. The molecule has 11 heteroatoms. The van der Waals surface area contributed by atoms with Gasteiger partial charge in [0.25, 0.3) is 17.2 Å². The van der Waals surface area contributed by atoms with Gasteiger partial charge in [-0.2, -0.15) is 9.61 Å². The van der Waals surface area contributed by atoms with Gasteiger partial charge in [-0.05, 0) is 18.9 Å². The molecule has 0 bridgehead atoms. The van der Waals surface area contributed by atoms with E-state index in [4.69, 9.17) is 5.11 Å². The van der Waals surface area contributed by atoms with Gasteiger partial charge in [-0.3, -0.25) is 24.2 Å². The maximum atomic E-state index is 12.8. The van der Waals surface area contributed by atoms with Crippen molar-refractivity contribution in [2.24, 2.45) is 0 Å². The number of carbonyl (C=O) groups excluding carboxylic acids is 1. The molecule has 1 fully saturated rings. The van der Waals surface area contributed by atoms with Crippen LogP contribution in [-0.4, -0.2) is 64.3 Å². The number of nitrogens with one attached hydrogen (secondary N) is 1. The number of aromatic nitrogens is 6. The molecule has 3 aromatic heterocycles. The predicted octanol–water partition coefficient (Wildman–Crippen LogP) is -0.281. The largest absolute Gasteiger partial charge is 0.480 e. The number of aliphatic carboxylic acids is 1. The standard InChI is InChI=1S/C16H17N7O4/c24-13(25)8-22-5-3-12(20-22)10-2-1-4-21(7-10)14(26)11-6-17-16-18-9-19-23(16)15(11)27/h3,5-6,9-10H,1-2,4,7-8H2,(H,24,25)(H,17,18,19)/t10-/m1/s1. The number of fused-ring (bicyclic) bond motifs is 1. The smallest absolute Gasteiger partial charge is 0.325 e. The van der Waals surface area contributed by atoms with Gasteiger partial charge < -0.3 is 10.0 Å². The lowest BCUT2D eigenvalue weighted by Gasteiger charge is -2.31. The Morgan fingerprint density at radius 1 is 1.33 bits per heavy atom. The summed E-state index contributed by atoms with van der Waals surface area (Å²) < 4.78 is 2.49. The van der Waals surface area contributed by atoms with Gasteiger partial charge >= 0.3 is 5.97 Å². The molecule has 1 saturated heterocycles. The van der Waals surface area contributed by atoms with E-state index in [2.05, 4.69) is 20.2 Å². The fraction of sp³-hybridized carbons (Fsp3) is 0.375. The Bertz CT molecular complexity index is 1070. The molecule has 0 unspecified atom stereocenters. The van der Waals surface area contributed by atoms with Gasteiger partial charge in [-0.1, -0.05) is 0 Å². The Balaban J connectivity index is 1.54. The van der Waals surface area contributed by atoms with Crippen LogP contribution in [0.25, 0.3) is 5.78 Å². The number of rotatable bonds is 4. The third-order valence-electron chi connectivity index (χ3n) is 4.63. The second-order valence-corrected chi connectivity index (χ2v) is 6.42. The molecule has 11 nitrogen and oxygen atoms in total. The molecule has 1 aliphatic rings. The Morgan fingerprint density at radius 3 is 3.00 bits per heavy atom. The Morgan fingerprint density at radius 2 is 2.19 bits per heavy atom. The van der Waals surface area contributed by atoms with E-state index in [-0.39, 0.29) is 29.7 Å². The predicted molar refractivity (Wildman–Crippen MR) is 91.3 cm³/mol. The topological polar surface area (TPSA) is 138 Å². The molecule has 3 aromatic rings. The Labute approximate surface area is 152 Å². The number of likely N-dealkylation sites (tertiary alicyclic amines) is 1. The minimum atomic E-state index is -0.965. The zero-order valence-corrected chi connectivity index (χ0v) is 14.3. The Hall–Kier alpha value is -3.50. The van der Waals surface area contributed by atoms with E-state index in [1.54, 1.807) is 17.2 Å². The Kier molecular flexibility index (Phi) is 4.18. The number of carboxylic acids is 1. The van der Waals surface area contributed by atoms with E-state index in [0.717, 1.165) is 23.1 Å². The number of H-pyrrole nitrogens is 1. The molecular weight excluding hydrogens is 354 g/mol. The number of hydrogen-bond acceptors (Lipinski definition) is 6. The summed E-state index contributed by atoms with van der Waals surface area (Å²) in [6.07, 6.45) is 5.81. The highest BCUT2D eigenvalue weighted by atomic mass is 16.4. The zero-order chi connectivity index (χ0) is 19.0. The fourth-order valence-corrected chi connectivity index (χ4v) is 3.34. The van der Waals surface area contributed by atoms with Crippen LogP contribution in [0.3, 0.4) is 0 Å². The summed E-state index contributed by atoms with van der Waals surface area (Å²) in [5, 5.41) is 15.8. The van der Waals surface area contributed by atoms with Crippen LogP contribution in [0.1, 0.15) is 34.8 Å². The molecule has 0 spiro atoms. The van der Waals surface area contributed by atoms with Crippen molar-refractivity contribution in [1.29, 1.82) is 0 Å². The van der Waals surface area contributed by atoms with E-state index in [1.807, 2.05) is 0 Å². The number of carbonyl (C=O) groups is 2. The van der Waals surface area contributed by atoms with Crippen LogP contribution < -0.4 is 5.56 Å². The summed E-state index contributed by atoms with van der Waals surface area (Å²) in [6, 6.07) is 1.77. The molecule has 0 saturated carbocycles. The first-order valence-corrected chi connectivity index (χ1v) is 8.48. The number of hydrogen-bond donors (Lipinski definition) is 2. The van der Waals surface area contributed by atoms with Crippen LogP contribution in [0.15, 0.2) is 29.6 Å². The number of piperidine rings is 1. The fourth-order valence-electron chi connectivity index (χ4n) is 3.34. The van der Waals surface area contributed by atoms with Gasteiger partial charge in [0.2, 0.25) is 0 Å². The van der Waals surface area contributed by atoms with Crippen LogP contribution in [0.4, 0.5) is 0 Å². The molecule has 4 heterocycles. The first-order valence-electron chi connectivity index (χ1n) is 8.48. The second kappa shape index (κ2) is 6.67. The maximum absolute atomic E-state index is 12.8. The van der Waals surface area contributed by atoms with Crippen LogP contribution in [0.2, 0.25) is 0 Å². The summed E-state index contributed by atoms with van der Waals surface area (Å²) >= 11 is 0. The van der Waals surface area contributed by atoms with Crippen LogP contribution in [0.5, 0.6) is 0 Å². The summed E-state index contributed by atoms with van der Waals surface area (Å²) in [5.41, 5.74) is 0.233. The zero-order valence-electron chi connectivity index (χ0n) is 14.3. The van der Waals surface area contributed by atoms with Gasteiger partial charge in [0.15, 0.2) is 0 Å². The monoisotopic (exact) mass is 371 g/mol. The van der Waals surface area contributed by atoms with Gasteiger partial charge in [0.1, 0.15) is 18.4 Å². The van der Waals surface area contributed by atoms with E-state index >= 15 is 0 Å². The summed E-state index contributed by atoms with van der Waals surface area (Å²) in [6.45, 7) is 0.742. The van der Waals surface area contributed by atoms with Crippen molar-refractivity contribution >= 4 is 17.7 Å². The molecular formula is C16H17N7O4. The number of aromatic amines is 1. The first-order chi connectivity index (χ1) is 13.0. The van der Waals surface area contributed by atoms with Gasteiger partial charge in [-0.15, -0.1) is 0 Å². The molecule has 2 N–H and O–H groups in total. The van der Waals surface area contributed by atoms with Crippen LogP contribution >= 0.6 is 0 Å². The summed E-state index contributed by atoms with van der Waals surface area (Å²) in [4.78, 5) is 45.6. The van der Waals surface area contributed by atoms with Crippen LogP contribution in [0, 0.1) is 0 Å². The minimum absolute atomic E-state index is 0.00987. The lowest BCUT2D eigenvalue weighted by atomic mass is 9.94. The highest BCUT2D eigenvalue weighted by Gasteiger charge is 2.28. The average molecular weight is 371 g/mol. The van der Waals surface area contributed by atoms with Crippen molar-refractivity contribution in [3.63, 3.8) is 0 Å². The maximum Gasteiger partial charge on any atom is 0.325 e. The number of amides is 1. The lowest BCUT2D eigenvalue weighted by molar-refractivity contribution is -0.137. The van der Waals surface area contributed by atoms with Crippen molar-refractivity contribution in [1.82, 2.24) is 34.3 Å². The molecule has 4 rings (SSSR count). The van der Waals surface area contributed by atoms with Crippen molar-refractivity contribution in [3.05, 3.63) is 46.4 Å². The van der Waals surface area contributed by atoms with Crippen molar-refractivity contribution in [2.45, 2.75) is 25.3 Å². The number of carboxylic acid groups (broad SMARTS) is 1. The average Bonchev–Trinajstić information content (AvgIpc) is 3.31. The van der Waals surface area contributed by atoms with Crippen molar-refractivity contribution < 1.29 is 14.7 Å². The first kappa shape index (κ1) is 16.9. The van der Waals surface area contributed by atoms with Gasteiger partial charge in [0, 0.05) is 31.4 Å². The molecule has 27 heavy (non-hydrogen) atoms. The molecule has 0 aromatic carbocycles. The summed E-state index contributed by atoms with van der Waals surface area (Å²) in [7, 11) is 0. The molecule has 0 aliphatic carbocycles. The second-order valence-electron chi connectivity index (χ2n) is 6.42. The van der Waals surface area contributed by atoms with Crippen molar-refractivity contribution in [3.8, 4) is 0 Å². The van der Waals surface area contributed by atoms with E-state index < -0.39 is 11.5 Å². The van der Waals surface area contributed by atoms with E-state index in [9.17, 15) is 14.4 Å². The van der Waals surface area contributed by atoms with E-state index in [1.165, 1.54) is 17.2 Å².